The maximum absolute atomic E-state index is 13.2. The van der Waals surface area contributed by atoms with Crippen molar-refractivity contribution in [3.8, 4) is 0 Å². The number of benzene rings is 1. The van der Waals surface area contributed by atoms with Crippen LogP contribution in [0.25, 0.3) is 0 Å². The highest BCUT2D eigenvalue weighted by Crippen LogP contribution is 2.17. The largest absolute Gasteiger partial charge is 0.463 e. The average molecular weight is 259 g/mol. The molecule has 98 valence electrons. The van der Waals surface area contributed by atoms with Gasteiger partial charge in [-0.25, -0.2) is 18.0 Å². The minimum atomic E-state index is -1.25. The maximum Gasteiger partial charge on any atom is 0.330 e. The van der Waals surface area contributed by atoms with Gasteiger partial charge < -0.3 is 10.1 Å². The summed E-state index contributed by atoms with van der Waals surface area (Å²) in [5.41, 5.74) is -0.178. The first kappa shape index (κ1) is 14.1. The molecule has 0 aliphatic rings. The summed E-state index contributed by atoms with van der Waals surface area (Å²) in [6.45, 7) is 2.01. The van der Waals surface area contributed by atoms with Crippen LogP contribution in [-0.2, 0) is 9.53 Å². The van der Waals surface area contributed by atoms with Crippen molar-refractivity contribution < 1.29 is 22.7 Å². The van der Waals surface area contributed by atoms with Crippen molar-refractivity contribution in [2.24, 2.45) is 0 Å². The standard InChI is InChI=1S/C12H12F3NO2/c1-2-18-12(17)4-3-5-16-11-7-9(14)8(13)6-10(11)15/h3-4,6-7,16H,2,5H2,1H3/b4-3+. The van der Waals surface area contributed by atoms with Gasteiger partial charge in [-0.05, 0) is 6.92 Å². The summed E-state index contributed by atoms with van der Waals surface area (Å²) in [5, 5.41) is 2.50. The van der Waals surface area contributed by atoms with Crippen LogP contribution in [0.3, 0.4) is 0 Å². The average Bonchev–Trinajstić information content (AvgIpc) is 2.31. The number of rotatable bonds is 5. The van der Waals surface area contributed by atoms with Crippen molar-refractivity contribution in [3.63, 3.8) is 0 Å². The van der Waals surface area contributed by atoms with E-state index in [4.69, 9.17) is 0 Å². The molecule has 0 atom stereocenters. The van der Waals surface area contributed by atoms with Gasteiger partial charge in [0.1, 0.15) is 5.82 Å². The summed E-state index contributed by atoms with van der Waals surface area (Å²) in [7, 11) is 0. The molecule has 18 heavy (non-hydrogen) atoms. The van der Waals surface area contributed by atoms with Crippen LogP contribution < -0.4 is 5.32 Å². The van der Waals surface area contributed by atoms with Crippen molar-refractivity contribution in [1.82, 2.24) is 0 Å². The Labute approximate surface area is 102 Å². The lowest BCUT2D eigenvalue weighted by Crippen LogP contribution is -2.04. The molecule has 1 N–H and O–H groups in total. The molecule has 0 aliphatic carbocycles. The molecule has 1 aromatic carbocycles. The van der Waals surface area contributed by atoms with E-state index < -0.39 is 23.4 Å². The first-order valence-electron chi connectivity index (χ1n) is 5.26. The summed E-state index contributed by atoms with van der Waals surface area (Å²) in [6.07, 6.45) is 2.55. The van der Waals surface area contributed by atoms with Crippen LogP contribution in [-0.4, -0.2) is 19.1 Å². The predicted octanol–water partition coefficient (Wildman–Crippen LogP) is 2.64. The van der Waals surface area contributed by atoms with Crippen LogP contribution in [0.2, 0.25) is 0 Å². The van der Waals surface area contributed by atoms with Gasteiger partial charge in [0.25, 0.3) is 0 Å². The molecule has 3 nitrogen and oxygen atoms in total. The van der Waals surface area contributed by atoms with Crippen LogP contribution in [0, 0.1) is 17.5 Å². The topological polar surface area (TPSA) is 38.3 Å². The van der Waals surface area contributed by atoms with Crippen LogP contribution >= 0.6 is 0 Å². The molecule has 6 heteroatoms. The zero-order valence-electron chi connectivity index (χ0n) is 9.67. The zero-order valence-corrected chi connectivity index (χ0v) is 9.67. The Hall–Kier alpha value is -1.98. The number of carbonyl (C=O) groups is 1. The van der Waals surface area contributed by atoms with Gasteiger partial charge in [0.2, 0.25) is 0 Å². The highest BCUT2D eigenvalue weighted by Gasteiger charge is 2.08. The Kier molecular flexibility index (Phi) is 5.23. The first-order chi connectivity index (χ1) is 8.54. The van der Waals surface area contributed by atoms with E-state index in [9.17, 15) is 18.0 Å². The quantitative estimate of drug-likeness (QED) is 0.502. The molecule has 1 aromatic rings. The highest BCUT2D eigenvalue weighted by atomic mass is 19.2. The molecule has 0 amide bonds. The molecule has 0 heterocycles. The van der Waals surface area contributed by atoms with Crippen molar-refractivity contribution in [3.05, 3.63) is 41.7 Å². The number of hydrogen-bond acceptors (Lipinski definition) is 3. The Bertz CT molecular complexity index is 461. The van der Waals surface area contributed by atoms with Crippen molar-refractivity contribution in [2.75, 3.05) is 18.5 Å². The minimum absolute atomic E-state index is 0.0841. The van der Waals surface area contributed by atoms with Gasteiger partial charge in [-0.15, -0.1) is 0 Å². The summed E-state index contributed by atoms with van der Waals surface area (Å²) in [5.74, 6) is -3.82. The van der Waals surface area contributed by atoms with Crippen molar-refractivity contribution in [2.45, 2.75) is 6.92 Å². The normalized spacial score (nSPS) is 10.7. The van der Waals surface area contributed by atoms with Gasteiger partial charge >= 0.3 is 5.97 Å². The second kappa shape index (κ2) is 6.68. The van der Waals surface area contributed by atoms with Gasteiger partial charge in [-0.2, -0.15) is 0 Å². The van der Waals surface area contributed by atoms with Gasteiger partial charge in [-0.3, -0.25) is 0 Å². The lowest BCUT2D eigenvalue weighted by atomic mass is 10.3. The predicted molar refractivity (Wildman–Crippen MR) is 60.6 cm³/mol. The fourth-order valence-corrected chi connectivity index (χ4v) is 1.17. The number of hydrogen-bond donors (Lipinski definition) is 1. The minimum Gasteiger partial charge on any atom is -0.463 e. The highest BCUT2D eigenvalue weighted by molar-refractivity contribution is 5.81. The number of halogens is 3. The monoisotopic (exact) mass is 259 g/mol. The summed E-state index contributed by atoms with van der Waals surface area (Å²) in [4.78, 5) is 10.9. The molecule has 0 saturated carbocycles. The van der Waals surface area contributed by atoms with Crippen LogP contribution in [0.4, 0.5) is 18.9 Å². The third kappa shape index (κ3) is 4.12. The third-order valence-corrected chi connectivity index (χ3v) is 1.96. The summed E-state index contributed by atoms with van der Waals surface area (Å²) >= 11 is 0. The van der Waals surface area contributed by atoms with E-state index in [1.54, 1.807) is 6.92 Å². The van der Waals surface area contributed by atoms with E-state index in [1.807, 2.05) is 0 Å². The zero-order chi connectivity index (χ0) is 13.5. The molecule has 0 unspecified atom stereocenters. The summed E-state index contributed by atoms with van der Waals surface area (Å²) in [6, 6.07) is 1.16. The van der Waals surface area contributed by atoms with Crippen LogP contribution in [0.1, 0.15) is 6.92 Å². The van der Waals surface area contributed by atoms with Gasteiger partial charge in [-0.1, -0.05) is 6.08 Å². The lowest BCUT2D eigenvalue weighted by Gasteiger charge is -2.05. The SMILES string of the molecule is CCOC(=O)/C=C/CNc1cc(F)c(F)cc1F. The molecule has 0 aliphatic heterocycles. The second-order valence-electron chi connectivity index (χ2n) is 3.28. The smallest absolute Gasteiger partial charge is 0.330 e. The molecule has 0 bridgehead atoms. The van der Waals surface area contributed by atoms with Gasteiger partial charge in [0.15, 0.2) is 11.6 Å². The molecular weight excluding hydrogens is 247 g/mol. The molecule has 1 rings (SSSR count). The molecule has 0 saturated heterocycles. The Balaban J connectivity index is 2.54. The number of ether oxygens (including phenoxy) is 1. The second-order valence-corrected chi connectivity index (χ2v) is 3.28. The van der Waals surface area contributed by atoms with E-state index in [0.29, 0.717) is 12.1 Å². The number of carbonyl (C=O) groups excluding carboxylic acids is 1. The van der Waals surface area contributed by atoms with Crippen LogP contribution in [0.5, 0.6) is 0 Å². The van der Waals surface area contributed by atoms with Gasteiger partial charge in [0.05, 0.1) is 12.3 Å². The van der Waals surface area contributed by atoms with Crippen molar-refractivity contribution >= 4 is 11.7 Å². The Morgan fingerprint density at radius 1 is 1.28 bits per heavy atom. The van der Waals surface area contributed by atoms with E-state index in [1.165, 1.54) is 6.08 Å². The van der Waals surface area contributed by atoms with E-state index >= 15 is 0 Å². The summed E-state index contributed by atoms with van der Waals surface area (Å²) < 4.78 is 43.2. The molecule has 0 fully saturated rings. The van der Waals surface area contributed by atoms with E-state index in [2.05, 4.69) is 10.1 Å². The Morgan fingerprint density at radius 2 is 1.94 bits per heavy atom. The maximum atomic E-state index is 13.2. The number of nitrogens with one attached hydrogen (secondary N) is 1. The van der Waals surface area contributed by atoms with E-state index in [-0.39, 0.29) is 18.8 Å². The fraction of sp³-hybridized carbons (Fsp3) is 0.250. The molecule has 0 aromatic heterocycles. The molecular formula is C12H12F3NO2. The Morgan fingerprint density at radius 3 is 2.61 bits per heavy atom. The number of esters is 1. The van der Waals surface area contributed by atoms with E-state index in [0.717, 1.165) is 6.08 Å². The molecule has 0 radical (unpaired) electrons. The first-order valence-corrected chi connectivity index (χ1v) is 5.26. The number of anilines is 1. The van der Waals surface area contributed by atoms with Crippen LogP contribution in [0.15, 0.2) is 24.3 Å². The lowest BCUT2D eigenvalue weighted by molar-refractivity contribution is -0.137. The molecule has 0 spiro atoms. The fourth-order valence-electron chi connectivity index (χ4n) is 1.17. The third-order valence-electron chi connectivity index (χ3n) is 1.96. The van der Waals surface area contributed by atoms with Gasteiger partial charge in [0, 0.05) is 24.8 Å². The van der Waals surface area contributed by atoms with Crippen molar-refractivity contribution in [1.29, 1.82) is 0 Å².